The Labute approximate surface area is 164 Å². The minimum atomic E-state index is -4.43. The molecule has 3 aromatic rings. The highest BCUT2D eigenvalue weighted by Crippen LogP contribution is 2.50. The number of imidazole rings is 1. The molecule has 0 saturated heterocycles. The lowest BCUT2D eigenvalue weighted by molar-refractivity contribution is -0.00476. The van der Waals surface area contributed by atoms with Crippen molar-refractivity contribution in [3.8, 4) is 5.75 Å². The third-order valence-electron chi connectivity index (χ3n) is 5.03. The zero-order valence-corrected chi connectivity index (χ0v) is 16.0. The van der Waals surface area contributed by atoms with Crippen LogP contribution in [0.1, 0.15) is 12.5 Å². The number of nitrogen functional groups attached to an aromatic ring is 1. The molecule has 4 rings (SSSR count). The minimum Gasteiger partial charge on any atom is -0.404 e. The zero-order valence-electron chi connectivity index (χ0n) is 15.1. The van der Waals surface area contributed by atoms with E-state index in [0.29, 0.717) is 17.6 Å². The number of benzene rings is 1. The molecule has 0 radical (unpaired) electrons. The average Bonchev–Trinajstić information content (AvgIpc) is 3.06. The summed E-state index contributed by atoms with van der Waals surface area (Å²) in [7, 11) is -4.43. The molecule has 0 bridgehead atoms. The maximum absolute atomic E-state index is 13.0. The van der Waals surface area contributed by atoms with Crippen LogP contribution in [-0.2, 0) is 9.09 Å². The van der Waals surface area contributed by atoms with Gasteiger partial charge in [0.15, 0.2) is 5.65 Å². The number of nitrogens with zero attached hydrogens (tertiary/aromatic N) is 4. The highest BCUT2D eigenvalue weighted by Gasteiger charge is 2.44. The fourth-order valence-corrected chi connectivity index (χ4v) is 4.27. The van der Waals surface area contributed by atoms with Gasteiger partial charge in [-0.25, -0.2) is 18.9 Å². The first-order valence-electron chi connectivity index (χ1n) is 8.84. The van der Waals surface area contributed by atoms with E-state index in [2.05, 4.69) is 15.0 Å². The number of rotatable bonds is 7. The van der Waals surface area contributed by atoms with Crippen LogP contribution in [-0.4, -0.2) is 42.7 Å². The first-order valence-corrected chi connectivity index (χ1v) is 10.3. The van der Waals surface area contributed by atoms with Crippen molar-refractivity contribution in [2.75, 3.05) is 18.9 Å². The average molecular weight is 423 g/mol. The number of aliphatic hydroxyl groups is 1. The second-order valence-corrected chi connectivity index (χ2v) is 8.19. The van der Waals surface area contributed by atoms with Gasteiger partial charge in [0.1, 0.15) is 17.1 Å². The van der Waals surface area contributed by atoms with E-state index in [1.165, 1.54) is 18.3 Å². The monoisotopic (exact) mass is 423 g/mol. The predicted molar refractivity (Wildman–Crippen MR) is 100 cm³/mol. The van der Waals surface area contributed by atoms with E-state index in [9.17, 15) is 19.0 Å². The van der Waals surface area contributed by atoms with E-state index in [0.717, 1.165) is 12.1 Å². The van der Waals surface area contributed by atoms with Gasteiger partial charge in [0.2, 0.25) is 5.95 Å². The Morgan fingerprint density at radius 1 is 1.31 bits per heavy atom. The Balaban J connectivity index is 1.47. The van der Waals surface area contributed by atoms with Crippen molar-refractivity contribution in [2.45, 2.75) is 12.5 Å². The molecule has 4 unspecified atom stereocenters. The van der Waals surface area contributed by atoms with Gasteiger partial charge in [-0.3, -0.25) is 9.42 Å². The van der Waals surface area contributed by atoms with Gasteiger partial charge in [-0.15, -0.1) is 0 Å². The third kappa shape index (κ3) is 4.08. The fraction of sp³-hybridized carbons (Fsp3) is 0.353. The fourth-order valence-electron chi connectivity index (χ4n) is 3.47. The Morgan fingerprint density at radius 2 is 2.07 bits per heavy atom. The number of aromatic nitrogens is 4. The van der Waals surface area contributed by atoms with E-state index >= 15 is 0 Å². The summed E-state index contributed by atoms with van der Waals surface area (Å²) < 4.78 is 37.1. The molecule has 29 heavy (non-hydrogen) atoms. The summed E-state index contributed by atoms with van der Waals surface area (Å²) in [5.74, 6) is -0.772. The van der Waals surface area contributed by atoms with Crippen molar-refractivity contribution in [1.29, 1.82) is 0 Å². The number of hydrogen-bond donors (Lipinski definition) is 3. The first kappa shape index (κ1) is 19.7. The van der Waals surface area contributed by atoms with Gasteiger partial charge in [0, 0.05) is 18.6 Å². The van der Waals surface area contributed by atoms with Crippen LogP contribution >= 0.6 is 7.82 Å². The second-order valence-electron chi connectivity index (χ2n) is 6.81. The summed E-state index contributed by atoms with van der Waals surface area (Å²) in [4.78, 5) is 22.3. The number of halogens is 1. The maximum atomic E-state index is 13.0. The summed E-state index contributed by atoms with van der Waals surface area (Å²) in [6.45, 7) is -0.228. The van der Waals surface area contributed by atoms with Gasteiger partial charge < -0.3 is 19.9 Å². The zero-order chi connectivity index (χ0) is 20.6. The van der Waals surface area contributed by atoms with E-state index in [4.69, 9.17) is 14.8 Å². The lowest BCUT2D eigenvalue weighted by atomic mass is 9.70. The molecule has 2 heterocycles. The van der Waals surface area contributed by atoms with E-state index < -0.39 is 13.6 Å². The molecule has 1 aliphatic rings. The molecule has 1 fully saturated rings. The summed E-state index contributed by atoms with van der Waals surface area (Å²) in [6, 6.07) is 4.52. The van der Waals surface area contributed by atoms with Crippen LogP contribution in [0.25, 0.3) is 11.2 Å². The van der Waals surface area contributed by atoms with Crippen molar-refractivity contribution in [2.24, 2.45) is 11.8 Å². The standard InChI is InChI=1S/C17H19FN5O5P/c18-11-1-3-12(4-2-11)28-29(25,26)27-8-13-10(7-24)5-15(13)23-9-21-14-6-20-17(19)22-16(14)23/h1-4,6,9-10,13,15,24H,5,7-8H2,(H,25,26)(H2,19,20,22). The molecular weight excluding hydrogens is 404 g/mol. The Hall–Kier alpha value is -2.59. The number of phosphoric acid groups is 1. The molecule has 10 nitrogen and oxygen atoms in total. The van der Waals surface area contributed by atoms with Crippen molar-refractivity contribution >= 4 is 24.9 Å². The highest BCUT2D eigenvalue weighted by atomic mass is 31.2. The molecule has 0 amide bonds. The van der Waals surface area contributed by atoms with Crippen LogP contribution in [0.2, 0.25) is 0 Å². The second kappa shape index (κ2) is 7.68. The summed E-state index contributed by atoms with van der Waals surface area (Å²) >= 11 is 0. The van der Waals surface area contributed by atoms with Crippen LogP contribution in [0.5, 0.6) is 5.75 Å². The van der Waals surface area contributed by atoms with Crippen LogP contribution in [0.3, 0.4) is 0 Å². The highest BCUT2D eigenvalue weighted by molar-refractivity contribution is 7.47. The Kier molecular flexibility index (Phi) is 5.22. The van der Waals surface area contributed by atoms with Gasteiger partial charge in [-0.1, -0.05) is 0 Å². The first-order chi connectivity index (χ1) is 13.9. The summed E-state index contributed by atoms with van der Waals surface area (Å²) in [6.07, 6.45) is 3.73. The number of hydrogen-bond acceptors (Lipinski definition) is 8. The van der Waals surface area contributed by atoms with Crippen molar-refractivity contribution in [1.82, 2.24) is 19.5 Å². The molecule has 0 spiro atoms. The predicted octanol–water partition coefficient (Wildman–Crippen LogP) is 1.91. The SMILES string of the molecule is Nc1ncc2ncn(C3CC(CO)C3COP(=O)(O)Oc3ccc(F)cc3)c2n1. The van der Waals surface area contributed by atoms with Gasteiger partial charge in [0.25, 0.3) is 0 Å². The number of nitrogens with two attached hydrogens (primary N) is 1. The van der Waals surface area contributed by atoms with Gasteiger partial charge >= 0.3 is 7.82 Å². The molecule has 4 atom stereocenters. The number of phosphoric ester groups is 1. The largest absolute Gasteiger partial charge is 0.527 e. The number of anilines is 1. The normalized spacial score (nSPS) is 23.5. The molecule has 1 saturated carbocycles. The Bertz CT molecular complexity index is 1060. The maximum Gasteiger partial charge on any atom is 0.527 e. The molecule has 1 aromatic carbocycles. The smallest absolute Gasteiger partial charge is 0.404 e. The van der Waals surface area contributed by atoms with Gasteiger partial charge in [-0.2, -0.15) is 4.98 Å². The quantitative estimate of drug-likeness (QED) is 0.485. The molecule has 2 aromatic heterocycles. The number of aliphatic hydroxyl groups excluding tert-OH is 1. The molecule has 154 valence electrons. The molecule has 0 aliphatic heterocycles. The molecular formula is C17H19FN5O5P. The summed E-state index contributed by atoms with van der Waals surface area (Å²) in [5.41, 5.74) is 6.77. The topological polar surface area (TPSA) is 146 Å². The molecule has 4 N–H and O–H groups in total. The van der Waals surface area contributed by atoms with Crippen LogP contribution in [0.15, 0.2) is 36.8 Å². The van der Waals surface area contributed by atoms with Crippen molar-refractivity contribution in [3.63, 3.8) is 0 Å². The lowest BCUT2D eigenvalue weighted by Crippen LogP contribution is -2.43. The van der Waals surface area contributed by atoms with Crippen LogP contribution in [0, 0.1) is 17.7 Å². The van der Waals surface area contributed by atoms with Gasteiger partial charge in [0.05, 0.1) is 19.1 Å². The Morgan fingerprint density at radius 3 is 2.79 bits per heavy atom. The lowest BCUT2D eigenvalue weighted by Gasteiger charge is -2.44. The van der Waals surface area contributed by atoms with E-state index in [-0.39, 0.29) is 42.8 Å². The minimum absolute atomic E-state index is 0.00822. The summed E-state index contributed by atoms with van der Waals surface area (Å²) in [5, 5.41) is 9.60. The molecule has 12 heteroatoms. The third-order valence-corrected chi connectivity index (χ3v) is 5.95. The number of fused-ring (bicyclic) bond motifs is 1. The van der Waals surface area contributed by atoms with Gasteiger partial charge in [-0.05, 0) is 36.6 Å². The van der Waals surface area contributed by atoms with E-state index in [1.807, 2.05) is 0 Å². The van der Waals surface area contributed by atoms with Crippen LogP contribution in [0.4, 0.5) is 10.3 Å². The van der Waals surface area contributed by atoms with Crippen molar-refractivity contribution in [3.05, 3.63) is 42.6 Å². The van der Waals surface area contributed by atoms with Crippen LogP contribution < -0.4 is 10.3 Å². The molecule has 1 aliphatic carbocycles. The van der Waals surface area contributed by atoms with E-state index in [1.54, 1.807) is 10.9 Å². The van der Waals surface area contributed by atoms with Crippen molar-refractivity contribution < 1.29 is 28.0 Å².